The van der Waals surface area contributed by atoms with E-state index in [0.717, 1.165) is 5.92 Å². The van der Waals surface area contributed by atoms with Crippen LogP contribution in [0, 0.1) is 5.92 Å². The van der Waals surface area contributed by atoms with Crippen molar-refractivity contribution in [1.29, 1.82) is 0 Å². The molecule has 3 rings (SSSR count). The Morgan fingerprint density at radius 2 is 1.35 bits per heavy atom. The normalized spacial score (nSPS) is 19.6. The van der Waals surface area contributed by atoms with Crippen molar-refractivity contribution in [2.45, 2.75) is 45.4 Å². The Bertz CT molecular complexity index is 754. The van der Waals surface area contributed by atoms with Crippen LogP contribution < -0.4 is 9.47 Å². The van der Waals surface area contributed by atoms with Crippen LogP contribution in [0.1, 0.15) is 61.4 Å². The van der Waals surface area contributed by atoms with Gasteiger partial charge in [-0.25, -0.2) is 4.79 Å². The fourth-order valence-electron chi connectivity index (χ4n) is 3.39. The van der Waals surface area contributed by atoms with Gasteiger partial charge in [0.15, 0.2) is 0 Å². The molecular weight excluding hydrogens is 328 g/mol. The first-order valence-electron chi connectivity index (χ1n) is 9.12. The molecule has 0 aromatic heterocycles. The second-order valence-corrected chi connectivity index (χ2v) is 7.03. The molecule has 0 radical (unpaired) electrons. The average Bonchev–Trinajstić information content (AvgIpc) is 2.64. The van der Waals surface area contributed by atoms with E-state index in [9.17, 15) is 9.59 Å². The van der Waals surface area contributed by atoms with Crippen LogP contribution in [0.15, 0.2) is 48.5 Å². The summed E-state index contributed by atoms with van der Waals surface area (Å²) in [5, 5.41) is 0. The van der Waals surface area contributed by atoms with E-state index in [1.807, 2.05) is 24.3 Å². The van der Waals surface area contributed by atoms with Crippen molar-refractivity contribution >= 4 is 11.9 Å². The van der Waals surface area contributed by atoms with Gasteiger partial charge < -0.3 is 9.47 Å². The van der Waals surface area contributed by atoms with Crippen molar-refractivity contribution in [3.8, 4) is 11.5 Å². The largest absolute Gasteiger partial charge is 0.427 e. The van der Waals surface area contributed by atoms with E-state index < -0.39 is 5.97 Å². The van der Waals surface area contributed by atoms with Gasteiger partial charge in [0.25, 0.3) is 0 Å². The van der Waals surface area contributed by atoms with Crippen molar-refractivity contribution in [1.82, 2.24) is 0 Å². The molecule has 0 atom stereocenters. The second-order valence-electron chi connectivity index (χ2n) is 7.03. The monoisotopic (exact) mass is 352 g/mol. The lowest BCUT2D eigenvalue weighted by molar-refractivity contribution is -0.131. The molecule has 0 spiro atoms. The predicted octanol–water partition coefficient (Wildman–Crippen LogP) is 5.12. The molecule has 0 amide bonds. The van der Waals surface area contributed by atoms with Crippen LogP contribution in [0.25, 0.3) is 0 Å². The highest BCUT2D eigenvalue weighted by atomic mass is 16.5. The van der Waals surface area contributed by atoms with Gasteiger partial charge in [-0.2, -0.15) is 0 Å². The Morgan fingerprint density at radius 3 is 1.88 bits per heavy atom. The number of carbonyl (C=O) groups excluding carboxylic acids is 2. The van der Waals surface area contributed by atoms with E-state index in [1.165, 1.54) is 38.2 Å². The van der Waals surface area contributed by atoms with Gasteiger partial charge in [0.05, 0.1) is 5.56 Å². The molecule has 26 heavy (non-hydrogen) atoms. The zero-order chi connectivity index (χ0) is 18.5. The van der Waals surface area contributed by atoms with Crippen LogP contribution in [0.2, 0.25) is 0 Å². The van der Waals surface area contributed by atoms with Crippen LogP contribution in [0.3, 0.4) is 0 Å². The molecule has 136 valence electrons. The van der Waals surface area contributed by atoms with Gasteiger partial charge in [0.1, 0.15) is 11.5 Å². The summed E-state index contributed by atoms with van der Waals surface area (Å²) in [6.07, 6.45) is 4.99. The average molecular weight is 352 g/mol. The SMILES string of the molecule is CC(=O)Oc1ccc(OC(=O)c2ccc(C3CCC(C)CC3)cc2)cc1. The van der Waals surface area contributed by atoms with Crippen molar-refractivity contribution in [2.75, 3.05) is 0 Å². The van der Waals surface area contributed by atoms with Crippen LogP contribution in [0.5, 0.6) is 11.5 Å². The zero-order valence-corrected chi connectivity index (χ0v) is 15.2. The predicted molar refractivity (Wildman–Crippen MR) is 99.5 cm³/mol. The lowest BCUT2D eigenvalue weighted by Crippen LogP contribution is -2.12. The molecule has 1 aliphatic rings. The molecule has 1 fully saturated rings. The first-order chi connectivity index (χ1) is 12.5. The van der Waals surface area contributed by atoms with Gasteiger partial charge in [0.2, 0.25) is 0 Å². The number of rotatable bonds is 4. The molecule has 4 heteroatoms. The second kappa shape index (κ2) is 8.17. The van der Waals surface area contributed by atoms with Crippen molar-refractivity contribution < 1.29 is 19.1 Å². The van der Waals surface area contributed by atoms with E-state index >= 15 is 0 Å². The highest BCUT2D eigenvalue weighted by Crippen LogP contribution is 2.35. The molecule has 0 saturated heterocycles. The molecular formula is C22H24O4. The standard InChI is InChI=1S/C22H24O4/c1-15-3-5-17(6-4-15)18-7-9-19(10-8-18)22(24)26-21-13-11-20(12-14-21)25-16(2)23/h7-15,17H,3-6H2,1-2H3. The Kier molecular flexibility index (Phi) is 5.71. The minimum absolute atomic E-state index is 0.387. The molecule has 0 heterocycles. The molecule has 2 aromatic carbocycles. The van der Waals surface area contributed by atoms with E-state index in [0.29, 0.717) is 23.0 Å². The number of esters is 2. The molecule has 4 nitrogen and oxygen atoms in total. The van der Waals surface area contributed by atoms with Gasteiger partial charge in [-0.15, -0.1) is 0 Å². The number of ether oxygens (including phenoxy) is 2. The third-order valence-electron chi connectivity index (χ3n) is 4.93. The third kappa shape index (κ3) is 4.72. The maximum absolute atomic E-state index is 12.3. The molecule has 2 aromatic rings. The van der Waals surface area contributed by atoms with Gasteiger partial charge in [-0.3, -0.25) is 4.79 Å². The van der Waals surface area contributed by atoms with Gasteiger partial charge in [0, 0.05) is 6.92 Å². The molecule has 0 bridgehead atoms. The van der Waals surface area contributed by atoms with Crippen molar-refractivity contribution in [3.05, 3.63) is 59.7 Å². The van der Waals surface area contributed by atoms with Gasteiger partial charge in [-0.1, -0.05) is 31.9 Å². The van der Waals surface area contributed by atoms with Crippen molar-refractivity contribution in [3.63, 3.8) is 0 Å². The third-order valence-corrected chi connectivity index (χ3v) is 4.93. The summed E-state index contributed by atoms with van der Waals surface area (Å²) >= 11 is 0. The first kappa shape index (κ1) is 18.2. The lowest BCUT2D eigenvalue weighted by Gasteiger charge is -2.26. The van der Waals surface area contributed by atoms with Crippen LogP contribution in [-0.2, 0) is 4.79 Å². The fraction of sp³-hybridized carbons (Fsp3) is 0.364. The number of benzene rings is 2. The molecule has 0 N–H and O–H groups in total. The minimum Gasteiger partial charge on any atom is -0.427 e. The van der Waals surface area contributed by atoms with E-state index in [-0.39, 0.29) is 5.97 Å². The van der Waals surface area contributed by atoms with Gasteiger partial charge in [-0.05, 0) is 66.6 Å². The number of hydrogen-bond acceptors (Lipinski definition) is 4. The number of carbonyl (C=O) groups is 2. The van der Waals surface area contributed by atoms with Gasteiger partial charge >= 0.3 is 11.9 Å². The maximum atomic E-state index is 12.3. The fourth-order valence-corrected chi connectivity index (χ4v) is 3.39. The maximum Gasteiger partial charge on any atom is 0.343 e. The summed E-state index contributed by atoms with van der Waals surface area (Å²) in [5.41, 5.74) is 1.83. The zero-order valence-electron chi connectivity index (χ0n) is 15.2. The lowest BCUT2D eigenvalue weighted by atomic mass is 9.79. The first-order valence-corrected chi connectivity index (χ1v) is 9.12. The summed E-state index contributed by atoms with van der Waals surface area (Å²) in [5.74, 6) is 1.48. The molecule has 1 aliphatic carbocycles. The molecule has 0 aliphatic heterocycles. The summed E-state index contributed by atoms with van der Waals surface area (Å²) in [4.78, 5) is 23.2. The van der Waals surface area contributed by atoms with Crippen LogP contribution >= 0.6 is 0 Å². The summed E-state index contributed by atoms with van der Waals surface area (Å²) in [7, 11) is 0. The Morgan fingerprint density at radius 1 is 0.808 bits per heavy atom. The van der Waals surface area contributed by atoms with Crippen LogP contribution in [0.4, 0.5) is 0 Å². The highest BCUT2D eigenvalue weighted by molar-refractivity contribution is 5.91. The summed E-state index contributed by atoms with van der Waals surface area (Å²) in [6, 6.07) is 14.2. The topological polar surface area (TPSA) is 52.6 Å². The Labute approximate surface area is 154 Å². The minimum atomic E-state index is -0.394. The summed E-state index contributed by atoms with van der Waals surface area (Å²) in [6.45, 7) is 3.65. The molecule has 0 unspecified atom stereocenters. The Balaban J connectivity index is 1.60. The van der Waals surface area contributed by atoms with Crippen molar-refractivity contribution in [2.24, 2.45) is 5.92 Å². The van der Waals surface area contributed by atoms with E-state index in [1.54, 1.807) is 24.3 Å². The summed E-state index contributed by atoms with van der Waals surface area (Å²) < 4.78 is 10.3. The van der Waals surface area contributed by atoms with E-state index in [4.69, 9.17) is 9.47 Å². The smallest absolute Gasteiger partial charge is 0.343 e. The van der Waals surface area contributed by atoms with E-state index in [2.05, 4.69) is 6.92 Å². The quantitative estimate of drug-likeness (QED) is 0.566. The van der Waals surface area contributed by atoms with Crippen LogP contribution in [-0.4, -0.2) is 11.9 Å². The highest BCUT2D eigenvalue weighted by Gasteiger charge is 2.20. The molecule has 1 saturated carbocycles. The Hall–Kier alpha value is -2.62. The number of hydrogen-bond donors (Lipinski definition) is 0.